The maximum atomic E-state index is 11.9. The molecule has 0 atom stereocenters. The van der Waals surface area contributed by atoms with Crippen LogP contribution in [0.15, 0.2) is 48.5 Å². The molecule has 0 aliphatic heterocycles. The third kappa shape index (κ3) is 6.18. The van der Waals surface area contributed by atoms with Crippen LogP contribution in [0.3, 0.4) is 0 Å². The molecular formula is C19H23N3O3. The summed E-state index contributed by atoms with van der Waals surface area (Å²) < 4.78 is 5.29. The maximum absolute atomic E-state index is 11.9. The van der Waals surface area contributed by atoms with Gasteiger partial charge in [-0.2, -0.15) is 0 Å². The summed E-state index contributed by atoms with van der Waals surface area (Å²) in [4.78, 5) is 23.0. The number of rotatable bonds is 8. The van der Waals surface area contributed by atoms with Crippen LogP contribution in [0.5, 0.6) is 5.75 Å². The average molecular weight is 341 g/mol. The minimum absolute atomic E-state index is 0.0974. The van der Waals surface area contributed by atoms with Gasteiger partial charge in [0.1, 0.15) is 5.75 Å². The van der Waals surface area contributed by atoms with E-state index in [1.807, 2.05) is 36.4 Å². The van der Waals surface area contributed by atoms with Crippen LogP contribution >= 0.6 is 0 Å². The lowest BCUT2D eigenvalue weighted by molar-refractivity contribution is -0.119. The first-order valence-corrected chi connectivity index (χ1v) is 8.08. The Kier molecular flexibility index (Phi) is 6.83. The number of nitrogens with one attached hydrogen (secondary N) is 3. The molecule has 0 heterocycles. The third-order valence-electron chi connectivity index (χ3n) is 3.55. The van der Waals surface area contributed by atoms with Gasteiger partial charge in [0, 0.05) is 24.8 Å². The Morgan fingerprint density at radius 2 is 1.80 bits per heavy atom. The molecule has 2 aromatic rings. The summed E-state index contributed by atoms with van der Waals surface area (Å²) in [5, 5.41) is 8.62. The van der Waals surface area contributed by atoms with E-state index in [0.29, 0.717) is 18.7 Å². The molecular weight excluding hydrogens is 318 g/mol. The molecule has 0 radical (unpaired) electrons. The van der Waals surface area contributed by atoms with Crippen molar-refractivity contribution < 1.29 is 14.3 Å². The van der Waals surface area contributed by atoms with Crippen molar-refractivity contribution in [2.75, 3.05) is 30.8 Å². The molecule has 0 bridgehead atoms. The molecule has 0 aliphatic rings. The van der Waals surface area contributed by atoms with Crippen LogP contribution < -0.4 is 20.7 Å². The van der Waals surface area contributed by atoms with E-state index in [0.717, 1.165) is 17.0 Å². The second-order valence-electron chi connectivity index (χ2n) is 5.53. The molecule has 2 amide bonds. The van der Waals surface area contributed by atoms with E-state index in [4.69, 9.17) is 4.74 Å². The van der Waals surface area contributed by atoms with Crippen LogP contribution in [0.2, 0.25) is 0 Å². The molecule has 0 fully saturated rings. The number of hydrogen-bond acceptors (Lipinski definition) is 4. The summed E-state index contributed by atoms with van der Waals surface area (Å²) in [5.41, 5.74) is 2.52. The highest BCUT2D eigenvalue weighted by atomic mass is 16.5. The normalized spacial score (nSPS) is 10.0. The number of methoxy groups -OCH3 is 1. The number of para-hydroxylation sites is 1. The highest BCUT2D eigenvalue weighted by Crippen LogP contribution is 2.17. The summed E-state index contributed by atoms with van der Waals surface area (Å²) in [7, 11) is 1.64. The maximum Gasteiger partial charge on any atom is 0.239 e. The SMILES string of the molecule is COc1ccccc1CCNC(=O)CNc1cccc(NC(C)=O)c1. The Morgan fingerprint density at radius 1 is 1.04 bits per heavy atom. The largest absolute Gasteiger partial charge is 0.496 e. The first kappa shape index (κ1) is 18.3. The number of amides is 2. The zero-order valence-corrected chi connectivity index (χ0v) is 14.5. The van der Waals surface area contributed by atoms with Gasteiger partial charge in [0.05, 0.1) is 13.7 Å². The molecule has 132 valence electrons. The Bertz CT molecular complexity index is 731. The van der Waals surface area contributed by atoms with Gasteiger partial charge in [-0.25, -0.2) is 0 Å². The molecule has 6 heteroatoms. The van der Waals surface area contributed by atoms with Crippen molar-refractivity contribution in [2.45, 2.75) is 13.3 Å². The average Bonchev–Trinajstić information content (AvgIpc) is 2.60. The second-order valence-corrected chi connectivity index (χ2v) is 5.53. The molecule has 0 unspecified atom stereocenters. The monoisotopic (exact) mass is 341 g/mol. The molecule has 25 heavy (non-hydrogen) atoms. The van der Waals surface area contributed by atoms with Crippen LogP contribution in [0.4, 0.5) is 11.4 Å². The van der Waals surface area contributed by atoms with Crippen LogP contribution in [0.25, 0.3) is 0 Å². The molecule has 0 aromatic heterocycles. The highest BCUT2D eigenvalue weighted by Gasteiger charge is 2.04. The van der Waals surface area contributed by atoms with Crippen molar-refractivity contribution in [3.8, 4) is 5.75 Å². The third-order valence-corrected chi connectivity index (χ3v) is 3.55. The van der Waals surface area contributed by atoms with Crippen molar-refractivity contribution in [1.29, 1.82) is 0 Å². The fraction of sp³-hybridized carbons (Fsp3) is 0.263. The van der Waals surface area contributed by atoms with Crippen LogP contribution in [-0.2, 0) is 16.0 Å². The van der Waals surface area contributed by atoms with E-state index in [2.05, 4.69) is 16.0 Å². The predicted octanol–water partition coefficient (Wildman–Crippen LogP) is 2.42. The Labute approximate surface area is 147 Å². The minimum Gasteiger partial charge on any atom is -0.496 e. The van der Waals surface area contributed by atoms with Gasteiger partial charge in [-0.05, 0) is 36.2 Å². The fourth-order valence-electron chi connectivity index (χ4n) is 2.40. The van der Waals surface area contributed by atoms with E-state index >= 15 is 0 Å². The quantitative estimate of drug-likeness (QED) is 0.689. The van der Waals surface area contributed by atoms with Gasteiger partial charge in [-0.15, -0.1) is 0 Å². The lowest BCUT2D eigenvalue weighted by Crippen LogP contribution is -2.31. The van der Waals surface area contributed by atoms with Crippen LogP contribution in [0.1, 0.15) is 12.5 Å². The zero-order valence-electron chi connectivity index (χ0n) is 14.5. The lowest BCUT2D eigenvalue weighted by Gasteiger charge is -2.11. The number of anilines is 2. The predicted molar refractivity (Wildman–Crippen MR) is 98.9 cm³/mol. The van der Waals surface area contributed by atoms with Crippen LogP contribution in [-0.4, -0.2) is 32.0 Å². The van der Waals surface area contributed by atoms with E-state index in [-0.39, 0.29) is 18.4 Å². The van der Waals surface area contributed by atoms with Gasteiger partial charge in [-0.1, -0.05) is 24.3 Å². The number of ether oxygens (including phenoxy) is 1. The summed E-state index contributed by atoms with van der Waals surface area (Å²) in [6.07, 6.45) is 0.702. The molecule has 2 aromatic carbocycles. The molecule has 0 spiro atoms. The van der Waals surface area contributed by atoms with E-state index in [1.54, 1.807) is 19.2 Å². The van der Waals surface area contributed by atoms with Gasteiger partial charge < -0.3 is 20.7 Å². The van der Waals surface area contributed by atoms with Crippen molar-refractivity contribution in [1.82, 2.24) is 5.32 Å². The van der Waals surface area contributed by atoms with Gasteiger partial charge in [0.25, 0.3) is 0 Å². The smallest absolute Gasteiger partial charge is 0.239 e. The molecule has 0 saturated carbocycles. The number of hydrogen-bond donors (Lipinski definition) is 3. The van der Waals surface area contributed by atoms with E-state index in [1.165, 1.54) is 6.92 Å². The summed E-state index contributed by atoms with van der Waals surface area (Å²) in [5.74, 6) is 0.593. The van der Waals surface area contributed by atoms with Crippen molar-refractivity contribution in [2.24, 2.45) is 0 Å². The standard InChI is InChI=1S/C19H23N3O3/c1-14(23)22-17-8-5-7-16(12-17)21-13-19(24)20-11-10-15-6-3-4-9-18(15)25-2/h3-9,12,21H,10-11,13H2,1-2H3,(H,20,24)(H,22,23). The first-order chi connectivity index (χ1) is 12.1. The van der Waals surface area contributed by atoms with E-state index < -0.39 is 0 Å². The summed E-state index contributed by atoms with van der Waals surface area (Å²) >= 11 is 0. The minimum atomic E-state index is -0.133. The molecule has 0 aliphatic carbocycles. The zero-order chi connectivity index (χ0) is 18.1. The number of carbonyl (C=O) groups is 2. The first-order valence-electron chi connectivity index (χ1n) is 8.08. The Balaban J connectivity index is 1.76. The summed E-state index contributed by atoms with van der Waals surface area (Å²) in [6.45, 7) is 2.15. The molecule has 6 nitrogen and oxygen atoms in total. The highest BCUT2D eigenvalue weighted by molar-refractivity contribution is 5.89. The Hall–Kier alpha value is -3.02. The van der Waals surface area contributed by atoms with Gasteiger partial charge in [-0.3, -0.25) is 9.59 Å². The van der Waals surface area contributed by atoms with Gasteiger partial charge in [0.2, 0.25) is 11.8 Å². The topological polar surface area (TPSA) is 79.5 Å². The number of carbonyl (C=O) groups excluding carboxylic acids is 2. The van der Waals surface area contributed by atoms with Crippen molar-refractivity contribution >= 4 is 23.2 Å². The fourth-order valence-corrected chi connectivity index (χ4v) is 2.40. The summed E-state index contributed by atoms with van der Waals surface area (Å²) in [6, 6.07) is 15.0. The van der Waals surface area contributed by atoms with Gasteiger partial charge in [0.15, 0.2) is 0 Å². The second kappa shape index (κ2) is 9.32. The van der Waals surface area contributed by atoms with Gasteiger partial charge >= 0.3 is 0 Å². The molecule has 0 saturated heterocycles. The molecule has 3 N–H and O–H groups in total. The molecule has 2 rings (SSSR count). The van der Waals surface area contributed by atoms with Crippen LogP contribution in [0, 0.1) is 0 Å². The Morgan fingerprint density at radius 3 is 2.56 bits per heavy atom. The van der Waals surface area contributed by atoms with Crippen molar-refractivity contribution in [3.05, 3.63) is 54.1 Å². The number of benzene rings is 2. The van der Waals surface area contributed by atoms with E-state index in [9.17, 15) is 9.59 Å². The lowest BCUT2D eigenvalue weighted by atomic mass is 10.1. The van der Waals surface area contributed by atoms with Crippen molar-refractivity contribution in [3.63, 3.8) is 0 Å².